The lowest BCUT2D eigenvalue weighted by molar-refractivity contribution is -0.119. The molecule has 35 heavy (non-hydrogen) atoms. The number of H-pyrrole nitrogens is 1. The van der Waals surface area contributed by atoms with Crippen LogP contribution in [-0.4, -0.2) is 42.9 Å². The molecule has 0 radical (unpaired) electrons. The Labute approximate surface area is 201 Å². The van der Waals surface area contributed by atoms with E-state index < -0.39 is 11.9 Å². The summed E-state index contributed by atoms with van der Waals surface area (Å²) in [5, 5.41) is 17.5. The van der Waals surface area contributed by atoms with Gasteiger partial charge in [0.05, 0.1) is 17.9 Å². The van der Waals surface area contributed by atoms with Crippen LogP contribution in [0.4, 0.5) is 5.69 Å². The molecule has 2 aliphatic carbocycles. The van der Waals surface area contributed by atoms with Crippen LogP contribution in [0.25, 0.3) is 0 Å². The zero-order chi connectivity index (χ0) is 24.7. The van der Waals surface area contributed by atoms with Gasteiger partial charge in [-0.1, -0.05) is 5.16 Å². The summed E-state index contributed by atoms with van der Waals surface area (Å²) >= 11 is 0. The minimum Gasteiger partial charge on any atom is -0.338 e. The van der Waals surface area contributed by atoms with Crippen LogP contribution in [0.15, 0.2) is 34.1 Å². The van der Waals surface area contributed by atoms with Crippen LogP contribution in [-0.2, 0) is 4.79 Å². The molecule has 0 saturated heterocycles. The lowest BCUT2D eigenvalue weighted by Crippen LogP contribution is -2.50. The molecule has 0 bridgehead atoms. The summed E-state index contributed by atoms with van der Waals surface area (Å²) in [6.45, 7) is 5.41. The van der Waals surface area contributed by atoms with Crippen LogP contribution in [0.1, 0.15) is 66.0 Å². The second-order valence-corrected chi connectivity index (χ2v) is 9.74. The maximum atomic E-state index is 13.5. The van der Waals surface area contributed by atoms with Crippen LogP contribution in [0.2, 0.25) is 0 Å². The summed E-state index contributed by atoms with van der Waals surface area (Å²) in [4.78, 5) is 41.4. The van der Waals surface area contributed by atoms with Crippen molar-refractivity contribution in [1.29, 1.82) is 0 Å². The molecule has 11 heteroatoms. The third-order valence-corrected chi connectivity index (χ3v) is 6.95. The number of carbonyl (C=O) groups is 2. The van der Waals surface area contributed by atoms with Crippen molar-refractivity contribution in [3.05, 3.63) is 57.5 Å². The first kappa shape index (κ1) is 23.0. The number of nitrogens with one attached hydrogen (secondary N) is 3. The Kier molecular flexibility index (Phi) is 6.00. The molecule has 1 unspecified atom stereocenters. The first-order chi connectivity index (χ1) is 16.8. The van der Waals surface area contributed by atoms with E-state index in [2.05, 4.69) is 35.7 Å². The zero-order valence-corrected chi connectivity index (χ0v) is 19.9. The van der Waals surface area contributed by atoms with Crippen molar-refractivity contribution in [3.63, 3.8) is 0 Å². The van der Waals surface area contributed by atoms with E-state index in [1.54, 1.807) is 30.2 Å². The average Bonchev–Trinajstić information content (AvgIpc) is 3.76. The minimum absolute atomic E-state index is 0.0685. The van der Waals surface area contributed by atoms with Crippen LogP contribution < -0.4 is 16.2 Å². The molecule has 2 aliphatic rings. The molecule has 0 aromatic carbocycles. The van der Waals surface area contributed by atoms with E-state index in [0.717, 1.165) is 31.2 Å². The van der Waals surface area contributed by atoms with Gasteiger partial charge in [-0.15, -0.1) is 0 Å². The molecule has 0 spiro atoms. The van der Waals surface area contributed by atoms with Crippen molar-refractivity contribution in [3.8, 4) is 0 Å². The van der Waals surface area contributed by atoms with Crippen molar-refractivity contribution in [1.82, 2.24) is 30.4 Å². The van der Waals surface area contributed by atoms with E-state index in [1.807, 2.05) is 19.9 Å². The monoisotopic (exact) mass is 479 g/mol. The van der Waals surface area contributed by atoms with Gasteiger partial charge in [-0.25, -0.2) is 4.63 Å². The van der Waals surface area contributed by atoms with Crippen molar-refractivity contribution >= 4 is 17.5 Å². The van der Waals surface area contributed by atoms with Crippen molar-refractivity contribution in [2.24, 2.45) is 17.8 Å². The normalized spacial score (nSPS) is 17.3. The Balaban J connectivity index is 1.35. The summed E-state index contributed by atoms with van der Waals surface area (Å²) in [5.74, 6) is 0.144. The fourth-order valence-electron chi connectivity index (χ4n) is 4.78. The number of hydrogen-bond donors (Lipinski definition) is 3. The maximum Gasteiger partial charge on any atom is 0.276 e. The number of anilines is 1. The molecular formula is C24H29N7O4. The Morgan fingerprint density at radius 1 is 1.17 bits per heavy atom. The molecule has 2 amide bonds. The Hall–Kier alpha value is -3.76. The lowest BCUT2D eigenvalue weighted by Gasteiger charge is -2.27. The fourth-order valence-corrected chi connectivity index (χ4v) is 4.78. The summed E-state index contributed by atoms with van der Waals surface area (Å²) < 4.78 is 6.30. The number of hydrogen-bond acceptors (Lipinski definition) is 7. The van der Waals surface area contributed by atoms with Gasteiger partial charge in [-0.3, -0.25) is 19.1 Å². The van der Waals surface area contributed by atoms with E-state index in [0.29, 0.717) is 28.8 Å². The molecule has 3 aromatic rings. The molecule has 184 valence electrons. The lowest BCUT2D eigenvalue weighted by atomic mass is 9.88. The third-order valence-electron chi connectivity index (χ3n) is 6.95. The SMILES string of the molecule is Cc1c[nH]c(=O)c(C(C)n2cc(NC(=O)[C@@H](NC(=O)c3nonc3C)C(C3CC3)C3CC3)cn2)c1. The van der Waals surface area contributed by atoms with Gasteiger partial charge in [-0.2, -0.15) is 5.10 Å². The van der Waals surface area contributed by atoms with E-state index >= 15 is 0 Å². The van der Waals surface area contributed by atoms with Crippen LogP contribution in [0.5, 0.6) is 0 Å². The van der Waals surface area contributed by atoms with Gasteiger partial charge in [0, 0.05) is 18.0 Å². The van der Waals surface area contributed by atoms with E-state index in [-0.39, 0.29) is 29.1 Å². The second-order valence-electron chi connectivity index (χ2n) is 9.74. The highest BCUT2D eigenvalue weighted by atomic mass is 16.6. The number of aryl methyl sites for hydroxylation is 2. The Morgan fingerprint density at radius 3 is 2.51 bits per heavy atom. The number of amides is 2. The van der Waals surface area contributed by atoms with E-state index in [9.17, 15) is 14.4 Å². The van der Waals surface area contributed by atoms with Gasteiger partial charge in [0.2, 0.25) is 5.91 Å². The molecule has 11 nitrogen and oxygen atoms in total. The molecule has 2 atom stereocenters. The van der Waals surface area contributed by atoms with Gasteiger partial charge >= 0.3 is 0 Å². The molecule has 5 rings (SSSR count). The highest BCUT2D eigenvalue weighted by molar-refractivity contribution is 6.00. The van der Waals surface area contributed by atoms with Gasteiger partial charge in [-0.05, 0) is 81.0 Å². The largest absolute Gasteiger partial charge is 0.338 e. The molecule has 2 fully saturated rings. The Morgan fingerprint density at radius 2 is 1.89 bits per heavy atom. The minimum atomic E-state index is -0.709. The molecule has 3 heterocycles. The zero-order valence-electron chi connectivity index (χ0n) is 19.9. The van der Waals surface area contributed by atoms with Gasteiger partial charge in [0.25, 0.3) is 11.5 Å². The number of aromatic amines is 1. The third kappa shape index (κ3) is 4.89. The number of rotatable bonds is 9. The molecule has 0 aliphatic heterocycles. The van der Waals surface area contributed by atoms with Gasteiger partial charge < -0.3 is 15.6 Å². The summed E-state index contributed by atoms with van der Waals surface area (Å²) in [7, 11) is 0. The van der Waals surface area contributed by atoms with Crippen molar-refractivity contribution in [2.75, 3.05) is 5.32 Å². The second kappa shape index (κ2) is 9.12. The van der Waals surface area contributed by atoms with Crippen LogP contribution in [0.3, 0.4) is 0 Å². The molecule has 3 N–H and O–H groups in total. The van der Waals surface area contributed by atoms with Gasteiger partial charge in [0.1, 0.15) is 11.7 Å². The average molecular weight is 480 g/mol. The van der Waals surface area contributed by atoms with E-state index in [1.165, 1.54) is 0 Å². The maximum absolute atomic E-state index is 13.5. The predicted molar refractivity (Wildman–Crippen MR) is 126 cm³/mol. The quantitative estimate of drug-likeness (QED) is 0.427. The summed E-state index contributed by atoms with van der Waals surface area (Å²) in [6.07, 6.45) is 9.15. The number of aromatic nitrogens is 5. The summed E-state index contributed by atoms with van der Waals surface area (Å²) in [5.41, 5.74) is 2.29. The number of carbonyl (C=O) groups excluding carboxylic acids is 2. The van der Waals surface area contributed by atoms with E-state index in [4.69, 9.17) is 0 Å². The molecular weight excluding hydrogens is 450 g/mol. The first-order valence-electron chi connectivity index (χ1n) is 12.0. The van der Waals surface area contributed by atoms with Crippen LogP contribution in [0, 0.1) is 31.6 Å². The number of nitrogens with zero attached hydrogens (tertiary/aromatic N) is 4. The summed E-state index contributed by atoms with van der Waals surface area (Å²) in [6, 6.07) is 0.790. The topological polar surface area (TPSA) is 148 Å². The predicted octanol–water partition coefficient (Wildman–Crippen LogP) is 2.35. The number of pyridine rings is 1. The molecule has 3 aromatic heterocycles. The van der Waals surface area contributed by atoms with Crippen molar-refractivity contribution < 1.29 is 14.2 Å². The fraction of sp³-hybridized carbons (Fsp3) is 0.500. The highest BCUT2D eigenvalue weighted by Gasteiger charge is 2.48. The van der Waals surface area contributed by atoms with Gasteiger partial charge in [0.15, 0.2) is 5.69 Å². The highest BCUT2D eigenvalue weighted by Crippen LogP contribution is 2.50. The Bertz CT molecular complexity index is 1290. The van der Waals surface area contributed by atoms with Crippen LogP contribution >= 0.6 is 0 Å². The molecule has 2 saturated carbocycles. The smallest absolute Gasteiger partial charge is 0.276 e. The standard InChI is InChI=1S/C24H29N7O4/c1-12-8-18(22(32)25-9-12)14(3)31-11-17(10-26-31)27-24(34)21(19(15-4-5-15)16-6-7-16)28-23(33)20-13(2)29-35-30-20/h8-11,14-16,19,21H,4-7H2,1-3H3,(H,25,32)(H,27,34)(H,28,33)/t14?,21-/m0/s1. The van der Waals surface area contributed by atoms with Crippen molar-refractivity contribution in [2.45, 2.75) is 58.5 Å². The first-order valence-corrected chi connectivity index (χ1v) is 12.0.